The maximum atomic E-state index is 12.4. The zero-order chi connectivity index (χ0) is 18.7. The zero-order valence-corrected chi connectivity index (χ0v) is 15.6. The predicted octanol–water partition coefficient (Wildman–Crippen LogP) is 4.35. The fraction of sp³-hybridized carbons (Fsp3) is 0.263. The van der Waals surface area contributed by atoms with Gasteiger partial charge in [-0.05, 0) is 43.3 Å². The van der Waals surface area contributed by atoms with E-state index in [1.165, 1.54) is 0 Å². The lowest BCUT2D eigenvalue weighted by atomic mass is 10.1. The summed E-state index contributed by atoms with van der Waals surface area (Å²) in [4.78, 5) is 26.3. The molecule has 1 aliphatic rings. The van der Waals surface area contributed by atoms with Crippen molar-refractivity contribution >= 4 is 40.8 Å². The zero-order valence-electron chi connectivity index (χ0n) is 14.1. The molecule has 1 heterocycles. The molecule has 3 rings (SSSR count). The third kappa shape index (κ3) is 3.94. The minimum atomic E-state index is -0.566. The third-order valence-corrected chi connectivity index (χ3v) is 4.85. The first-order valence-corrected chi connectivity index (χ1v) is 8.94. The lowest BCUT2D eigenvalue weighted by molar-refractivity contribution is -0.139. The molecule has 0 aliphatic carbocycles. The number of anilines is 1. The van der Waals surface area contributed by atoms with Crippen LogP contribution in [0.15, 0.2) is 42.5 Å². The number of carbonyl (C=O) groups excluding carboxylic acids is 2. The van der Waals surface area contributed by atoms with Crippen LogP contribution in [0.25, 0.3) is 0 Å². The molecule has 1 fully saturated rings. The van der Waals surface area contributed by atoms with E-state index in [1.54, 1.807) is 47.4 Å². The van der Waals surface area contributed by atoms with Crippen LogP contribution in [0.3, 0.4) is 0 Å². The lowest BCUT2D eigenvalue weighted by Gasteiger charge is -2.17. The molecule has 0 bridgehead atoms. The molecule has 26 heavy (non-hydrogen) atoms. The average molecular weight is 394 g/mol. The summed E-state index contributed by atoms with van der Waals surface area (Å²) in [7, 11) is 0. The summed E-state index contributed by atoms with van der Waals surface area (Å²) in [6, 6.07) is 12.0. The Labute approximate surface area is 161 Å². The number of nitrogens with zero attached hydrogens (tertiary/aromatic N) is 1. The number of hydrogen-bond acceptors (Lipinski definition) is 4. The Morgan fingerprint density at radius 3 is 2.62 bits per heavy atom. The van der Waals surface area contributed by atoms with Gasteiger partial charge in [0.2, 0.25) is 5.91 Å². The van der Waals surface area contributed by atoms with Crippen molar-refractivity contribution < 1.29 is 19.1 Å². The molecular weight excluding hydrogens is 377 g/mol. The minimum Gasteiger partial charge on any atom is -0.494 e. The van der Waals surface area contributed by atoms with Gasteiger partial charge in [0.05, 0.1) is 17.5 Å². The molecule has 2 aromatic rings. The van der Waals surface area contributed by atoms with Crippen LogP contribution >= 0.6 is 23.2 Å². The highest BCUT2D eigenvalue weighted by Gasteiger charge is 2.36. The highest BCUT2D eigenvalue weighted by molar-refractivity contribution is 6.43. The largest absolute Gasteiger partial charge is 0.494 e. The highest BCUT2D eigenvalue weighted by Crippen LogP contribution is 2.33. The normalized spacial score (nSPS) is 16.7. The average Bonchev–Trinajstić information content (AvgIpc) is 3.02. The minimum absolute atomic E-state index is 0.0875. The summed E-state index contributed by atoms with van der Waals surface area (Å²) in [6.07, 6.45) is 0.0875. The third-order valence-electron chi connectivity index (χ3n) is 4.04. The first kappa shape index (κ1) is 18.5. The second-order valence-electron chi connectivity index (χ2n) is 5.81. The van der Waals surface area contributed by atoms with Crippen molar-refractivity contribution in [1.82, 2.24) is 0 Å². The van der Waals surface area contributed by atoms with E-state index in [1.807, 2.05) is 6.92 Å². The maximum Gasteiger partial charge on any atom is 0.316 e. The molecule has 1 saturated heterocycles. The second kappa shape index (κ2) is 7.98. The van der Waals surface area contributed by atoms with Crippen molar-refractivity contribution in [3.63, 3.8) is 0 Å². The second-order valence-corrected chi connectivity index (χ2v) is 6.59. The summed E-state index contributed by atoms with van der Waals surface area (Å²) in [6.45, 7) is 2.73. The smallest absolute Gasteiger partial charge is 0.316 e. The van der Waals surface area contributed by atoms with E-state index < -0.39 is 11.9 Å². The summed E-state index contributed by atoms with van der Waals surface area (Å²) >= 11 is 12.0. The molecule has 136 valence electrons. The first-order chi connectivity index (χ1) is 12.5. The number of halogens is 2. The van der Waals surface area contributed by atoms with Gasteiger partial charge in [0, 0.05) is 18.7 Å². The fourth-order valence-electron chi connectivity index (χ4n) is 2.76. The Balaban J connectivity index is 1.68. The van der Waals surface area contributed by atoms with E-state index in [0.29, 0.717) is 11.6 Å². The first-order valence-electron chi connectivity index (χ1n) is 8.18. The fourth-order valence-corrected chi connectivity index (χ4v) is 3.09. The maximum absolute atomic E-state index is 12.4. The highest BCUT2D eigenvalue weighted by atomic mass is 35.5. The van der Waals surface area contributed by atoms with E-state index in [2.05, 4.69) is 0 Å². The molecule has 7 heteroatoms. The van der Waals surface area contributed by atoms with Crippen molar-refractivity contribution in [2.24, 2.45) is 5.92 Å². The summed E-state index contributed by atoms with van der Waals surface area (Å²) in [5.74, 6) is -0.279. The molecule has 1 atom stereocenters. The molecule has 1 aliphatic heterocycles. The van der Waals surface area contributed by atoms with Crippen molar-refractivity contribution in [3.8, 4) is 11.5 Å². The number of esters is 1. The van der Waals surface area contributed by atoms with Crippen LogP contribution in [0.4, 0.5) is 5.69 Å². The Hall–Kier alpha value is -2.24. The Kier molecular flexibility index (Phi) is 5.69. The quantitative estimate of drug-likeness (QED) is 0.559. The van der Waals surface area contributed by atoms with Gasteiger partial charge < -0.3 is 14.4 Å². The van der Waals surface area contributed by atoms with Crippen LogP contribution in [-0.4, -0.2) is 25.0 Å². The molecule has 5 nitrogen and oxygen atoms in total. The van der Waals surface area contributed by atoms with Crippen LogP contribution in [0.1, 0.15) is 13.3 Å². The standard InChI is InChI=1S/C19H17Cl2NO4/c1-2-25-14-8-6-13(7-9-14)22-11-12(10-17(22)23)19(24)26-16-5-3-4-15(20)18(16)21/h3-9,12H,2,10-11H2,1H3. The van der Waals surface area contributed by atoms with Crippen LogP contribution in [0, 0.1) is 5.92 Å². The van der Waals surface area contributed by atoms with Crippen molar-refractivity contribution in [1.29, 1.82) is 0 Å². The van der Waals surface area contributed by atoms with Gasteiger partial charge in [-0.25, -0.2) is 0 Å². The number of amides is 1. The number of hydrogen-bond donors (Lipinski definition) is 0. The monoisotopic (exact) mass is 393 g/mol. The molecular formula is C19H17Cl2NO4. The van der Waals surface area contributed by atoms with Gasteiger partial charge in [0.1, 0.15) is 10.8 Å². The number of carbonyl (C=O) groups is 2. The van der Waals surface area contributed by atoms with Crippen molar-refractivity contribution in [2.45, 2.75) is 13.3 Å². The molecule has 0 saturated carbocycles. The Morgan fingerprint density at radius 1 is 1.19 bits per heavy atom. The molecule has 2 aromatic carbocycles. The van der Waals surface area contributed by atoms with E-state index in [4.69, 9.17) is 32.7 Å². The molecule has 1 unspecified atom stereocenters. The summed E-state index contributed by atoms with van der Waals surface area (Å²) < 4.78 is 10.7. The molecule has 0 spiro atoms. The van der Waals surface area contributed by atoms with Crippen LogP contribution < -0.4 is 14.4 Å². The van der Waals surface area contributed by atoms with Crippen molar-refractivity contribution in [2.75, 3.05) is 18.1 Å². The van der Waals surface area contributed by atoms with Crippen molar-refractivity contribution in [3.05, 3.63) is 52.5 Å². The van der Waals surface area contributed by atoms with E-state index in [0.717, 1.165) is 11.4 Å². The SMILES string of the molecule is CCOc1ccc(N2CC(C(=O)Oc3cccc(Cl)c3Cl)CC2=O)cc1. The lowest BCUT2D eigenvalue weighted by Crippen LogP contribution is -2.27. The molecule has 1 amide bonds. The summed E-state index contributed by atoms with van der Waals surface area (Å²) in [5.41, 5.74) is 0.717. The molecule has 0 N–H and O–H groups in total. The van der Waals surface area contributed by atoms with E-state index in [-0.39, 0.29) is 29.6 Å². The number of ether oxygens (including phenoxy) is 2. The van der Waals surface area contributed by atoms with Crippen LogP contribution in [0.2, 0.25) is 10.0 Å². The van der Waals surface area contributed by atoms with Gasteiger partial charge in [0.25, 0.3) is 0 Å². The van der Waals surface area contributed by atoms with Gasteiger partial charge >= 0.3 is 5.97 Å². The van der Waals surface area contributed by atoms with Gasteiger partial charge in [-0.3, -0.25) is 9.59 Å². The number of benzene rings is 2. The Bertz CT molecular complexity index is 823. The van der Waals surface area contributed by atoms with Gasteiger partial charge in [0.15, 0.2) is 5.75 Å². The molecule has 0 aromatic heterocycles. The van der Waals surface area contributed by atoms with Crippen LogP contribution in [-0.2, 0) is 9.59 Å². The van der Waals surface area contributed by atoms with E-state index in [9.17, 15) is 9.59 Å². The topological polar surface area (TPSA) is 55.8 Å². The summed E-state index contributed by atoms with van der Waals surface area (Å²) in [5, 5.41) is 0.477. The van der Waals surface area contributed by atoms with Crippen LogP contribution in [0.5, 0.6) is 11.5 Å². The molecule has 0 radical (unpaired) electrons. The Morgan fingerprint density at radius 2 is 1.92 bits per heavy atom. The van der Waals surface area contributed by atoms with Gasteiger partial charge in [-0.15, -0.1) is 0 Å². The van der Waals surface area contributed by atoms with E-state index >= 15 is 0 Å². The number of rotatable bonds is 5. The predicted molar refractivity (Wildman–Crippen MR) is 100 cm³/mol. The van der Waals surface area contributed by atoms with Gasteiger partial charge in [-0.1, -0.05) is 29.3 Å². The van der Waals surface area contributed by atoms with Gasteiger partial charge in [-0.2, -0.15) is 0 Å².